The maximum atomic E-state index is 12.2. The molecule has 1 heterocycles. The van der Waals surface area contributed by atoms with Crippen molar-refractivity contribution in [3.8, 4) is 0 Å². The van der Waals surface area contributed by atoms with Gasteiger partial charge in [-0.2, -0.15) is 0 Å². The molecule has 21 heavy (non-hydrogen) atoms. The van der Waals surface area contributed by atoms with Crippen molar-refractivity contribution in [3.05, 3.63) is 30.6 Å². The summed E-state index contributed by atoms with van der Waals surface area (Å²) in [5.74, 6) is 0.293. The van der Waals surface area contributed by atoms with Crippen molar-refractivity contribution >= 4 is 5.91 Å². The standard InChI is InChI=1S/C16H27N2O2.BrH/c1-17(2)16(20)15(9-5-3-8-14-19)10-13-18-11-6-4-7-12-18;/h4,6-7,11-12,15,19H,3,5,8-10,13-14H2,1-2H3;1H/q+1;/p-1. The highest BCUT2D eigenvalue weighted by Gasteiger charge is 2.21. The molecule has 0 saturated carbocycles. The molecule has 5 heteroatoms. The van der Waals surface area contributed by atoms with Gasteiger partial charge in [0.25, 0.3) is 0 Å². The fraction of sp³-hybridized carbons (Fsp3) is 0.625. The molecule has 0 saturated heterocycles. The molecule has 0 radical (unpaired) electrons. The zero-order chi connectivity index (χ0) is 14.8. The molecule has 1 atom stereocenters. The number of hydrogen-bond donors (Lipinski definition) is 1. The van der Waals surface area contributed by atoms with Gasteiger partial charge in [-0.15, -0.1) is 0 Å². The molecular formula is C16H27BrN2O2. The van der Waals surface area contributed by atoms with Crippen molar-refractivity contribution < 1.29 is 31.4 Å². The van der Waals surface area contributed by atoms with Crippen molar-refractivity contribution in [3.63, 3.8) is 0 Å². The summed E-state index contributed by atoms with van der Waals surface area (Å²) >= 11 is 0. The van der Waals surface area contributed by atoms with Crippen LogP contribution in [0.1, 0.15) is 32.1 Å². The van der Waals surface area contributed by atoms with Gasteiger partial charge in [0.05, 0.1) is 0 Å². The van der Waals surface area contributed by atoms with Crippen LogP contribution in [0.25, 0.3) is 0 Å². The number of aromatic nitrogens is 1. The van der Waals surface area contributed by atoms with Crippen LogP contribution in [0.3, 0.4) is 0 Å². The van der Waals surface area contributed by atoms with Gasteiger partial charge in [-0.05, 0) is 12.8 Å². The molecule has 0 aromatic carbocycles. The van der Waals surface area contributed by atoms with Crippen molar-refractivity contribution in [1.29, 1.82) is 0 Å². The van der Waals surface area contributed by atoms with Gasteiger partial charge < -0.3 is 27.0 Å². The first-order valence-electron chi connectivity index (χ1n) is 7.41. The molecule has 0 bridgehead atoms. The molecular weight excluding hydrogens is 332 g/mol. The van der Waals surface area contributed by atoms with Crippen LogP contribution in [0.2, 0.25) is 0 Å². The Labute approximate surface area is 138 Å². The molecule has 1 unspecified atom stereocenters. The van der Waals surface area contributed by atoms with E-state index in [-0.39, 0.29) is 35.4 Å². The van der Waals surface area contributed by atoms with Crippen molar-refractivity contribution in [2.75, 3.05) is 20.7 Å². The van der Waals surface area contributed by atoms with Crippen LogP contribution in [0.15, 0.2) is 30.6 Å². The molecule has 0 aliphatic rings. The molecule has 1 aromatic heterocycles. The van der Waals surface area contributed by atoms with Gasteiger partial charge in [0, 0.05) is 45.2 Å². The van der Waals surface area contributed by atoms with E-state index in [0.717, 1.165) is 38.6 Å². The summed E-state index contributed by atoms with van der Waals surface area (Å²) in [6.45, 7) is 1.11. The van der Waals surface area contributed by atoms with Crippen molar-refractivity contribution in [2.45, 2.75) is 38.6 Å². The summed E-state index contributed by atoms with van der Waals surface area (Å²) < 4.78 is 2.11. The number of amides is 1. The maximum Gasteiger partial charge on any atom is 0.225 e. The number of carbonyl (C=O) groups is 1. The highest BCUT2D eigenvalue weighted by molar-refractivity contribution is 5.78. The third-order valence-corrected chi connectivity index (χ3v) is 3.51. The lowest BCUT2D eigenvalue weighted by molar-refractivity contribution is -0.697. The molecule has 0 spiro atoms. The number of rotatable bonds is 9. The highest BCUT2D eigenvalue weighted by atomic mass is 79.9. The van der Waals surface area contributed by atoms with Gasteiger partial charge in [-0.1, -0.05) is 18.9 Å². The SMILES string of the molecule is CN(C)C(=O)C(CCCCCO)CC[n+]1ccccc1.[Br-]. The Bertz CT molecular complexity index is 385. The second kappa shape index (κ2) is 11.7. The van der Waals surface area contributed by atoms with Crippen molar-refractivity contribution in [2.24, 2.45) is 5.92 Å². The lowest BCUT2D eigenvalue weighted by atomic mass is 9.96. The molecule has 120 valence electrons. The van der Waals surface area contributed by atoms with E-state index in [1.807, 2.05) is 44.7 Å². The molecule has 0 aliphatic heterocycles. The molecule has 1 amide bonds. The van der Waals surface area contributed by atoms with Gasteiger partial charge in [0.15, 0.2) is 12.4 Å². The van der Waals surface area contributed by atoms with Gasteiger partial charge in [-0.3, -0.25) is 4.79 Å². The fourth-order valence-electron chi connectivity index (χ4n) is 2.32. The van der Waals surface area contributed by atoms with E-state index >= 15 is 0 Å². The first-order chi connectivity index (χ1) is 9.65. The third-order valence-electron chi connectivity index (χ3n) is 3.51. The van der Waals surface area contributed by atoms with E-state index in [9.17, 15) is 4.79 Å². The molecule has 1 rings (SSSR count). The molecule has 4 nitrogen and oxygen atoms in total. The Kier molecular flexibility index (Phi) is 11.2. The van der Waals surface area contributed by atoms with E-state index in [2.05, 4.69) is 4.57 Å². The lowest BCUT2D eigenvalue weighted by Crippen LogP contribution is -3.00. The van der Waals surface area contributed by atoms with E-state index in [0.29, 0.717) is 0 Å². The summed E-state index contributed by atoms with van der Waals surface area (Å²) in [6.07, 6.45) is 8.66. The number of aryl methyl sites for hydroxylation is 1. The number of unbranched alkanes of at least 4 members (excludes halogenated alkanes) is 2. The smallest absolute Gasteiger partial charge is 0.225 e. The minimum atomic E-state index is 0. The molecule has 0 fully saturated rings. The fourth-order valence-corrected chi connectivity index (χ4v) is 2.32. The zero-order valence-corrected chi connectivity index (χ0v) is 14.6. The van der Waals surface area contributed by atoms with Gasteiger partial charge >= 0.3 is 0 Å². The summed E-state index contributed by atoms with van der Waals surface area (Å²) in [5, 5.41) is 8.80. The number of halogens is 1. The number of nitrogens with zero attached hydrogens (tertiary/aromatic N) is 2. The number of carbonyl (C=O) groups excluding carboxylic acids is 1. The first-order valence-corrected chi connectivity index (χ1v) is 7.41. The molecule has 1 aromatic rings. The zero-order valence-electron chi connectivity index (χ0n) is 13.0. The van der Waals surface area contributed by atoms with Gasteiger partial charge in [0.1, 0.15) is 6.54 Å². The molecule has 0 aliphatic carbocycles. The van der Waals surface area contributed by atoms with Crippen LogP contribution in [-0.4, -0.2) is 36.6 Å². The predicted molar refractivity (Wildman–Crippen MR) is 79.0 cm³/mol. The van der Waals surface area contributed by atoms with Gasteiger partial charge in [0.2, 0.25) is 5.91 Å². The third kappa shape index (κ3) is 8.17. The van der Waals surface area contributed by atoms with Crippen LogP contribution in [-0.2, 0) is 11.3 Å². The van der Waals surface area contributed by atoms with Crippen LogP contribution < -0.4 is 21.5 Å². The first kappa shape index (κ1) is 20.1. The van der Waals surface area contributed by atoms with Crippen LogP contribution in [0.4, 0.5) is 0 Å². The van der Waals surface area contributed by atoms with E-state index < -0.39 is 0 Å². The van der Waals surface area contributed by atoms with Gasteiger partial charge in [-0.25, -0.2) is 4.57 Å². The Balaban J connectivity index is 0.00000400. The second-order valence-electron chi connectivity index (χ2n) is 5.40. The van der Waals surface area contributed by atoms with E-state index in [1.165, 1.54) is 0 Å². The topological polar surface area (TPSA) is 44.4 Å². The minimum absolute atomic E-state index is 0. The van der Waals surface area contributed by atoms with Crippen LogP contribution in [0.5, 0.6) is 0 Å². The number of hydrogen-bond acceptors (Lipinski definition) is 2. The summed E-state index contributed by atoms with van der Waals surface area (Å²) in [5.41, 5.74) is 0. The lowest BCUT2D eigenvalue weighted by Gasteiger charge is -2.19. The monoisotopic (exact) mass is 358 g/mol. The molecule has 1 N–H and O–H groups in total. The Morgan fingerprint density at radius 2 is 1.76 bits per heavy atom. The quantitative estimate of drug-likeness (QED) is 0.437. The average Bonchev–Trinajstić information content (AvgIpc) is 2.47. The van der Waals surface area contributed by atoms with E-state index in [1.54, 1.807) is 4.90 Å². The van der Waals surface area contributed by atoms with Crippen LogP contribution >= 0.6 is 0 Å². The second-order valence-corrected chi connectivity index (χ2v) is 5.40. The Morgan fingerprint density at radius 1 is 1.10 bits per heavy atom. The average molecular weight is 359 g/mol. The normalized spacial score (nSPS) is 11.6. The Hall–Kier alpha value is -0.940. The largest absolute Gasteiger partial charge is 1.00 e. The minimum Gasteiger partial charge on any atom is -1.00 e. The van der Waals surface area contributed by atoms with Crippen molar-refractivity contribution in [1.82, 2.24) is 4.90 Å². The number of aliphatic hydroxyl groups is 1. The number of pyridine rings is 1. The van der Waals surface area contributed by atoms with E-state index in [4.69, 9.17) is 5.11 Å². The van der Waals surface area contributed by atoms with Crippen LogP contribution in [0, 0.1) is 5.92 Å². The maximum absolute atomic E-state index is 12.2. The number of aliphatic hydroxyl groups excluding tert-OH is 1. The highest BCUT2D eigenvalue weighted by Crippen LogP contribution is 2.16. The Morgan fingerprint density at radius 3 is 2.33 bits per heavy atom. The predicted octanol–water partition coefficient (Wildman–Crippen LogP) is -1.37. The summed E-state index contributed by atoms with van der Waals surface area (Å²) in [6, 6.07) is 6.00. The summed E-state index contributed by atoms with van der Waals surface area (Å²) in [4.78, 5) is 13.9. The summed E-state index contributed by atoms with van der Waals surface area (Å²) in [7, 11) is 3.64.